The number of aromatic nitrogens is 1. The number of rotatable bonds is 2. The second kappa shape index (κ2) is 4.46. The highest BCUT2D eigenvalue weighted by Crippen LogP contribution is 2.32. The van der Waals surface area contributed by atoms with Gasteiger partial charge < -0.3 is 9.67 Å². The second-order valence-corrected chi connectivity index (χ2v) is 6.16. The maximum Gasteiger partial charge on any atom is 0.0807 e. The summed E-state index contributed by atoms with van der Waals surface area (Å²) in [5, 5.41) is 9.92. The predicted molar refractivity (Wildman–Crippen MR) is 67.8 cm³/mol. The maximum absolute atomic E-state index is 9.92. The van der Waals surface area contributed by atoms with Crippen LogP contribution in [0.3, 0.4) is 0 Å². The molecule has 0 aromatic carbocycles. The van der Waals surface area contributed by atoms with Gasteiger partial charge in [-0.2, -0.15) is 11.8 Å². The summed E-state index contributed by atoms with van der Waals surface area (Å²) in [6, 6.07) is 2.13. The topological polar surface area (TPSA) is 25.2 Å². The lowest BCUT2D eigenvalue weighted by atomic mass is 9.95. The average molecular weight is 237 g/mol. The largest absolute Gasteiger partial charge is 0.388 e. The van der Waals surface area contributed by atoms with E-state index in [9.17, 15) is 5.11 Å². The van der Waals surface area contributed by atoms with Gasteiger partial charge in [0.25, 0.3) is 0 Å². The fourth-order valence-electron chi connectivity index (χ4n) is 2.91. The number of aliphatic hydroxyl groups is 1. The fourth-order valence-corrected chi connectivity index (χ4v) is 4.18. The highest BCUT2D eigenvalue weighted by atomic mass is 32.2. The molecule has 0 radical (unpaired) electrons. The lowest BCUT2D eigenvalue weighted by Gasteiger charge is -2.21. The van der Waals surface area contributed by atoms with Gasteiger partial charge in [0.1, 0.15) is 0 Å². The summed E-state index contributed by atoms with van der Waals surface area (Å²) in [5.74, 6) is 3.49. The Hall–Kier alpha value is -0.410. The summed E-state index contributed by atoms with van der Waals surface area (Å²) in [7, 11) is 0. The molecule has 88 valence electrons. The van der Waals surface area contributed by atoms with Gasteiger partial charge in [-0.3, -0.25) is 0 Å². The van der Waals surface area contributed by atoms with Gasteiger partial charge in [0.15, 0.2) is 0 Å². The standard InChI is InChI=1S/C13H19NOS/c15-13-3-1-2-12-11(13)4-6-14(12)8-10-5-7-16-9-10/h4,6,10,13,15H,1-3,5,7-9H2. The van der Waals surface area contributed by atoms with E-state index in [2.05, 4.69) is 28.6 Å². The molecule has 1 fully saturated rings. The van der Waals surface area contributed by atoms with Gasteiger partial charge in [0.2, 0.25) is 0 Å². The van der Waals surface area contributed by atoms with E-state index >= 15 is 0 Å². The minimum Gasteiger partial charge on any atom is -0.388 e. The van der Waals surface area contributed by atoms with Gasteiger partial charge in [0, 0.05) is 24.0 Å². The summed E-state index contributed by atoms with van der Waals surface area (Å²) >= 11 is 2.08. The Labute approximate surface area is 101 Å². The number of hydrogen-bond acceptors (Lipinski definition) is 2. The number of thioether (sulfide) groups is 1. The smallest absolute Gasteiger partial charge is 0.0807 e. The van der Waals surface area contributed by atoms with E-state index in [4.69, 9.17) is 0 Å². The molecule has 0 amide bonds. The first-order chi connectivity index (χ1) is 7.84. The molecule has 1 aliphatic carbocycles. The Morgan fingerprint density at radius 2 is 2.38 bits per heavy atom. The van der Waals surface area contributed by atoms with Crippen LogP contribution in [0.5, 0.6) is 0 Å². The van der Waals surface area contributed by atoms with Crippen molar-refractivity contribution in [3.05, 3.63) is 23.5 Å². The molecule has 2 heterocycles. The first-order valence-electron chi connectivity index (χ1n) is 6.28. The first-order valence-corrected chi connectivity index (χ1v) is 7.44. The third kappa shape index (κ3) is 1.91. The SMILES string of the molecule is OC1CCCc2c1ccn2CC1CCSC1. The van der Waals surface area contributed by atoms with Crippen LogP contribution in [-0.4, -0.2) is 21.2 Å². The molecule has 0 bridgehead atoms. The van der Waals surface area contributed by atoms with Crippen LogP contribution in [-0.2, 0) is 13.0 Å². The molecule has 1 aliphatic heterocycles. The van der Waals surface area contributed by atoms with Crippen molar-refractivity contribution in [1.82, 2.24) is 4.57 Å². The van der Waals surface area contributed by atoms with Gasteiger partial charge >= 0.3 is 0 Å². The van der Waals surface area contributed by atoms with E-state index in [1.165, 1.54) is 29.2 Å². The van der Waals surface area contributed by atoms with Gasteiger partial charge in [-0.25, -0.2) is 0 Å². The lowest BCUT2D eigenvalue weighted by molar-refractivity contribution is 0.155. The monoisotopic (exact) mass is 237 g/mol. The van der Waals surface area contributed by atoms with E-state index in [1.807, 2.05) is 0 Å². The van der Waals surface area contributed by atoms with Crippen molar-refractivity contribution in [2.24, 2.45) is 5.92 Å². The van der Waals surface area contributed by atoms with Crippen LogP contribution < -0.4 is 0 Å². The Kier molecular flexibility index (Phi) is 2.99. The van der Waals surface area contributed by atoms with Crippen molar-refractivity contribution in [3.63, 3.8) is 0 Å². The number of fused-ring (bicyclic) bond motifs is 1. The molecule has 2 atom stereocenters. The van der Waals surface area contributed by atoms with Gasteiger partial charge in [0.05, 0.1) is 6.10 Å². The van der Waals surface area contributed by atoms with Crippen molar-refractivity contribution in [1.29, 1.82) is 0 Å². The molecule has 1 aromatic rings. The number of aliphatic hydroxyl groups excluding tert-OH is 1. The Bertz CT molecular complexity index is 368. The molecule has 2 aliphatic rings. The molecule has 3 heteroatoms. The molecule has 0 spiro atoms. The van der Waals surface area contributed by atoms with Crippen LogP contribution in [0.1, 0.15) is 36.6 Å². The van der Waals surface area contributed by atoms with E-state index < -0.39 is 0 Å². The molecular formula is C13H19NOS. The van der Waals surface area contributed by atoms with Crippen LogP contribution in [0.4, 0.5) is 0 Å². The molecule has 2 nitrogen and oxygen atoms in total. The number of hydrogen-bond donors (Lipinski definition) is 1. The zero-order valence-corrected chi connectivity index (χ0v) is 10.4. The summed E-state index contributed by atoms with van der Waals surface area (Å²) in [4.78, 5) is 0. The average Bonchev–Trinajstić information content (AvgIpc) is 2.90. The van der Waals surface area contributed by atoms with E-state index in [0.717, 1.165) is 31.7 Å². The Balaban J connectivity index is 1.79. The van der Waals surface area contributed by atoms with Crippen molar-refractivity contribution in [2.45, 2.75) is 38.3 Å². The van der Waals surface area contributed by atoms with E-state index in [-0.39, 0.29) is 6.10 Å². The summed E-state index contributed by atoms with van der Waals surface area (Å²) in [6.07, 6.45) is 6.57. The highest BCUT2D eigenvalue weighted by Gasteiger charge is 2.23. The fraction of sp³-hybridized carbons (Fsp3) is 0.692. The molecule has 1 N–H and O–H groups in total. The normalized spacial score (nSPS) is 29.3. The quantitative estimate of drug-likeness (QED) is 0.855. The third-order valence-electron chi connectivity index (χ3n) is 3.84. The minimum absolute atomic E-state index is 0.206. The van der Waals surface area contributed by atoms with E-state index in [0.29, 0.717) is 0 Å². The molecule has 1 aromatic heterocycles. The van der Waals surface area contributed by atoms with Crippen LogP contribution in [0.25, 0.3) is 0 Å². The van der Waals surface area contributed by atoms with Crippen LogP contribution in [0, 0.1) is 5.92 Å². The van der Waals surface area contributed by atoms with Crippen LogP contribution in [0.2, 0.25) is 0 Å². The van der Waals surface area contributed by atoms with Crippen molar-refractivity contribution < 1.29 is 5.11 Å². The Morgan fingerprint density at radius 1 is 1.44 bits per heavy atom. The highest BCUT2D eigenvalue weighted by molar-refractivity contribution is 7.99. The van der Waals surface area contributed by atoms with Gasteiger partial charge in [-0.15, -0.1) is 0 Å². The summed E-state index contributed by atoms with van der Waals surface area (Å²) in [6.45, 7) is 1.16. The third-order valence-corrected chi connectivity index (χ3v) is 5.07. The molecule has 16 heavy (non-hydrogen) atoms. The van der Waals surface area contributed by atoms with Crippen molar-refractivity contribution >= 4 is 11.8 Å². The van der Waals surface area contributed by atoms with Crippen molar-refractivity contribution in [3.8, 4) is 0 Å². The van der Waals surface area contributed by atoms with Crippen LogP contribution >= 0.6 is 11.8 Å². The molecular weight excluding hydrogens is 218 g/mol. The number of nitrogens with zero attached hydrogens (tertiary/aromatic N) is 1. The van der Waals surface area contributed by atoms with Crippen LogP contribution in [0.15, 0.2) is 12.3 Å². The zero-order chi connectivity index (χ0) is 11.0. The van der Waals surface area contributed by atoms with Gasteiger partial charge in [-0.05, 0) is 49.2 Å². The second-order valence-electron chi connectivity index (χ2n) is 5.01. The molecule has 2 unspecified atom stereocenters. The molecule has 1 saturated heterocycles. The van der Waals surface area contributed by atoms with E-state index in [1.54, 1.807) is 0 Å². The lowest BCUT2D eigenvalue weighted by Crippen LogP contribution is -2.15. The van der Waals surface area contributed by atoms with Gasteiger partial charge in [-0.1, -0.05) is 0 Å². The first kappa shape index (κ1) is 10.7. The molecule has 0 saturated carbocycles. The van der Waals surface area contributed by atoms with Crippen molar-refractivity contribution in [2.75, 3.05) is 11.5 Å². The predicted octanol–water partition coefficient (Wildman–Crippen LogP) is 2.61. The summed E-state index contributed by atoms with van der Waals surface area (Å²) < 4.78 is 2.40. The zero-order valence-electron chi connectivity index (χ0n) is 9.56. The minimum atomic E-state index is -0.206. The summed E-state index contributed by atoms with van der Waals surface area (Å²) in [5.41, 5.74) is 2.59. The maximum atomic E-state index is 9.92. The Morgan fingerprint density at radius 3 is 3.19 bits per heavy atom. The molecule has 3 rings (SSSR count).